The van der Waals surface area contributed by atoms with Gasteiger partial charge in [-0.25, -0.2) is 9.97 Å². The quantitative estimate of drug-likeness (QED) is 0.684. The Balaban J connectivity index is 1.75. The molecule has 8 heteroatoms. The number of ether oxygens (including phenoxy) is 1. The molecule has 1 saturated heterocycles. The lowest BCUT2D eigenvalue weighted by molar-refractivity contribution is 0.411. The highest BCUT2D eigenvalue weighted by Crippen LogP contribution is 2.28. The summed E-state index contributed by atoms with van der Waals surface area (Å²) in [6.07, 6.45) is 3.76. The zero-order chi connectivity index (χ0) is 18.1. The van der Waals surface area contributed by atoms with Crippen molar-refractivity contribution in [3.05, 3.63) is 24.5 Å². The predicted octanol–water partition coefficient (Wildman–Crippen LogP) is 0.997. The lowest BCUT2D eigenvalue weighted by Gasteiger charge is -2.31. The number of benzene rings is 1. The van der Waals surface area contributed by atoms with E-state index in [9.17, 15) is 0 Å². The van der Waals surface area contributed by atoms with E-state index < -0.39 is 0 Å². The molecule has 1 aliphatic rings. The molecular formula is C18H21BN6O. The number of rotatable bonds is 4. The van der Waals surface area contributed by atoms with E-state index in [2.05, 4.69) is 19.9 Å². The molecule has 0 bridgehead atoms. The van der Waals surface area contributed by atoms with Crippen LogP contribution in [0.2, 0.25) is 0 Å². The Bertz CT molecular complexity index is 919. The van der Waals surface area contributed by atoms with Crippen molar-refractivity contribution in [2.75, 3.05) is 31.6 Å². The first kappa shape index (κ1) is 16.8. The van der Waals surface area contributed by atoms with Crippen LogP contribution >= 0.6 is 0 Å². The number of aromatic nitrogens is 4. The third-order valence-corrected chi connectivity index (χ3v) is 5.01. The molecule has 2 aromatic heterocycles. The van der Waals surface area contributed by atoms with E-state index in [0.29, 0.717) is 28.7 Å². The number of nitrogens with one attached hydrogen (secondary N) is 1. The first-order chi connectivity index (χ1) is 12.7. The van der Waals surface area contributed by atoms with Crippen LogP contribution in [0.25, 0.3) is 22.4 Å². The van der Waals surface area contributed by atoms with Crippen LogP contribution in [0.4, 0.5) is 5.95 Å². The van der Waals surface area contributed by atoms with Gasteiger partial charge in [0.1, 0.15) is 24.8 Å². The molecule has 3 aromatic rings. The molecule has 0 unspecified atom stereocenters. The van der Waals surface area contributed by atoms with Crippen molar-refractivity contribution in [2.45, 2.75) is 12.8 Å². The molecule has 2 radical (unpaired) electrons. The van der Waals surface area contributed by atoms with Crippen LogP contribution in [0.5, 0.6) is 5.75 Å². The zero-order valence-corrected chi connectivity index (χ0v) is 14.8. The summed E-state index contributed by atoms with van der Waals surface area (Å²) in [4.78, 5) is 19.1. The Hall–Kier alpha value is -2.61. The number of imidazole rings is 1. The summed E-state index contributed by atoms with van der Waals surface area (Å²) in [6, 6.07) is 5.66. The number of aromatic amines is 1. The first-order valence-electron chi connectivity index (χ1n) is 8.79. The Morgan fingerprint density at radius 1 is 1.31 bits per heavy atom. The van der Waals surface area contributed by atoms with Crippen molar-refractivity contribution in [1.82, 2.24) is 19.9 Å². The van der Waals surface area contributed by atoms with Crippen molar-refractivity contribution < 1.29 is 4.74 Å². The van der Waals surface area contributed by atoms with Crippen LogP contribution in [0.1, 0.15) is 12.8 Å². The van der Waals surface area contributed by atoms with Gasteiger partial charge in [0.25, 0.3) is 0 Å². The van der Waals surface area contributed by atoms with Gasteiger partial charge in [-0.1, -0.05) is 11.5 Å². The van der Waals surface area contributed by atoms with Crippen LogP contribution in [0.3, 0.4) is 0 Å². The van der Waals surface area contributed by atoms with Gasteiger partial charge < -0.3 is 20.4 Å². The molecular weight excluding hydrogens is 327 g/mol. The molecule has 4 rings (SSSR count). The summed E-state index contributed by atoms with van der Waals surface area (Å²) in [6.45, 7) is 2.55. The number of fused-ring (bicyclic) bond motifs is 1. The Labute approximate surface area is 153 Å². The van der Waals surface area contributed by atoms with Crippen molar-refractivity contribution in [1.29, 1.82) is 0 Å². The van der Waals surface area contributed by atoms with E-state index in [-0.39, 0.29) is 0 Å². The van der Waals surface area contributed by atoms with Crippen LogP contribution in [0, 0.1) is 5.92 Å². The third-order valence-electron chi connectivity index (χ3n) is 5.01. The molecule has 0 spiro atoms. The summed E-state index contributed by atoms with van der Waals surface area (Å²) in [5.41, 5.74) is 9.52. The molecule has 3 N–H and O–H groups in total. The zero-order valence-electron chi connectivity index (χ0n) is 14.8. The summed E-state index contributed by atoms with van der Waals surface area (Å²) < 4.78 is 5.25. The Kier molecular flexibility index (Phi) is 4.50. The van der Waals surface area contributed by atoms with Gasteiger partial charge >= 0.3 is 0 Å². The molecule has 0 aliphatic carbocycles. The molecule has 26 heavy (non-hydrogen) atoms. The minimum atomic E-state index is 0.571. The number of hydrogen-bond donors (Lipinski definition) is 2. The minimum absolute atomic E-state index is 0.571. The maximum atomic E-state index is 6.08. The second-order valence-corrected chi connectivity index (χ2v) is 6.60. The van der Waals surface area contributed by atoms with Gasteiger partial charge in [-0.05, 0) is 37.4 Å². The maximum Gasteiger partial charge on any atom is 0.228 e. The minimum Gasteiger partial charge on any atom is -0.497 e. The fourth-order valence-corrected chi connectivity index (χ4v) is 3.42. The largest absolute Gasteiger partial charge is 0.497 e. The van der Waals surface area contributed by atoms with Crippen molar-refractivity contribution >= 4 is 30.4 Å². The molecule has 1 aliphatic heterocycles. The number of methoxy groups -OCH3 is 1. The topological polar surface area (TPSA) is 93.0 Å². The van der Waals surface area contributed by atoms with Gasteiger partial charge in [0.2, 0.25) is 5.95 Å². The van der Waals surface area contributed by atoms with E-state index in [1.807, 2.05) is 18.2 Å². The monoisotopic (exact) mass is 348 g/mol. The lowest BCUT2D eigenvalue weighted by atomic mass is 9.92. The Morgan fingerprint density at radius 2 is 2.12 bits per heavy atom. The first-order valence-corrected chi connectivity index (χ1v) is 8.79. The van der Waals surface area contributed by atoms with E-state index in [1.54, 1.807) is 13.4 Å². The van der Waals surface area contributed by atoms with Crippen molar-refractivity contribution in [3.8, 4) is 17.0 Å². The highest BCUT2D eigenvalue weighted by atomic mass is 16.5. The molecule has 132 valence electrons. The fraction of sp³-hybridized carbons (Fsp3) is 0.389. The highest BCUT2D eigenvalue weighted by molar-refractivity contribution is 6.34. The number of piperidine rings is 1. The van der Waals surface area contributed by atoms with E-state index in [1.165, 1.54) is 0 Å². The molecule has 3 heterocycles. The third kappa shape index (κ3) is 3.01. The lowest BCUT2D eigenvalue weighted by Crippen LogP contribution is -2.37. The summed E-state index contributed by atoms with van der Waals surface area (Å²) in [5.74, 6) is 1.93. The number of hydrogen-bond acceptors (Lipinski definition) is 6. The number of nitrogens with zero attached hydrogens (tertiary/aromatic N) is 4. The van der Waals surface area contributed by atoms with Gasteiger partial charge in [0.15, 0.2) is 5.65 Å². The van der Waals surface area contributed by atoms with Crippen molar-refractivity contribution in [3.63, 3.8) is 0 Å². The number of anilines is 1. The van der Waals surface area contributed by atoms with E-state index >= 15 is 0 Å². The summed E-state index contributed by atoms with van der Waals surface area (Å²) in [5, 5.41) is 0. The Morgan fingerprint density at radius 3 is 2.81 bits per heavy atom. The number of H-pyrrole nitrogens is 1. The summed E-state index contributed by atoms with van der Waals surface area (Å²) in [7, 11) is 7.69. The van der Waals surface area contributed by atoms with Gasteiger partial charge in [-0.3, -0.25) is 0 Å². The maximum absolute atomic E-state index is 6.08. The normalized spacial score (nSPS) is 15.5. The second kappa shape index (κ2) is 6.95. The van der Waals surface area contributed by atoms with Gasteiger partial charge in [-0.2, -0.15) is 4.98 Å². The highest BCUT2D eigenvalue weighted by Gasteiger charge is 2.22. The van der Waals surface area contributed by atoms with Crippen LogP contribution in [0.15, 0.2) is 24.5 Å². The fourth-order valence-electron chi connectivity index (χ4n) is 3.42. The van der Waals surface area contributed by atoms with E-state index in [4.69, 9.17) is 23.3 Å². The predicted molar refractivity (Wildman–Crippen MR) is 103 cm³/mol. The summed E-state index contributed by atoms with van der Waals surface area (Å²) >= 11 is 0. The SMILES string of the molecule is [B]c1cc(-c2nc(N3CCC(CN)CC3)nc3nc[nH]c23)ccc1OC. The van der Waals surface area contributed by atoms with Crippen molar-refractivity contribution in [2.24, 2.45) is 11.7 Å². The standard InChI is InChI=1S/C18H21BN6O/c1-26-14-3-2-12(8-13(14)19)15-16-17(22-10-21-16)24-18(23-15)25-6-4-11(9-20)5-7-25/h2-3,8,10-11H,4-7,9,20H2,1H3,(H,21,22,23,24). The molecule has 1 aromatic carbocycles. The van der Waals surface area contributed by atoms with Crippen LogP contribution in [-0.2, 0) is 0 Å². The van der Waals surface area contributed by atoms with Crippen LogP contribution < -0.4 is 20.8 Å². The smallest absolute Gasteiger partial charge is 0.228 e. The molecule has 0 saturated carbocycles. The molecule has 0 atom stereocenters. The average molecular weight is 348 g/mol. The van der Waals surface area contributed by atoms with E-state index in [0.717, 1.165) is 49.2 Å². The molecule has 0 amide bonds. The molecule has 1 fully saturated rings. The van der Waals surface area contributed by atoms with Gasteiger partial charge in [0.05, 0.1) is 13.4 Å². The van der Waals surface area contributed by atoms with Gasteiger partial charge in [0, 0.05) is 18.7 Å². The number of nitrogens with two attached hydrogens (primary N) is 1. The molecule has 7 nitrogen and oxygen atoms in total. The van der Waals surface area contributed by atoms with Crippen LogP contribution in [-0.4, -0.2) is 54.5 Å². The second-order valence-electron chi connectivity index (χ2n) is 6.60. The van der Waals surface area contributed by atoms with Gasteiger partial charge in [-0.15, -0.1) is 0 Å². The average Bonchev–Trinajstić information content (AvgIpc) is 3.16.